The van der Waals surface area contributed by atoms with E-state index in [2.05, 4.69) is 73.1 Å². The van der Waals surface area contributed by atoms with Crippen molar-refractivity contribution in [3.63, 3.8) is 0 Å². The van der Waals surface area contributed by atoms with E-state index in [-0.39, 0.29) is 11.9 Å². The van der Waals surface area contributed by atoms with Gasteiger partial charge >= 0.3 is 5.97 Å². The highest BCUT2D eigenvalue weighted by Gasteiger charge is 2.26. The van der Waals surface area contributed by atoms with E-state index >= 15 is 0 Å². The largest absolute Gasteiger partial charge is 0.466 e. The van der Waals surface area contributed by atoms with Gasteiger partial charge in [-0.1, -0.05) is 24.3 Å². The number of aromatic amines is 1. The highest BCUT2D eigenvalue weighted by atomic mass is 32.1. The summed E-state index contributed by atoms with van der Waals surface area (Å²) in [5.74, 6) is 0.776. The number of esters is 1. The van der Waals surface area contributed by atoms with Crippen molar-refractivity contribution >= 4 is 45.9 Å². The van der Waals surface area contributed by atoms with Crippen molar-refractivity contribution in [2.75, 3.05) is 25.0 Å². The van der Waals surface area contributed by atoms with E-state index in [0.29, 0.717) is 17.9 Å². The fourth-order valence-corrected chi connectivity index (χ4v) is 5.39. The molecule has 188 valence electrons. The van der Waals surface area contributed by atoms with Gasteiger partial charge in [0.25, 0.3) is 0 Å². The second kappa shape index (κ2) is 10.8. The fourth-order valence-electron chi connectivity index (χ4n) is 5.05. The Hall–Kier alpha value is -3.30. The SMILES string of the molecule is CCOC(=O)C1CCN(Cc2ccccc2CNc2ncnc3cc4c(cc23)[nH]c(=S)n4CC)CC1. The molecular weight excluding hydrogens is 472 g/mol. The topological polar surface area (TPSA) is 88.1 Å². The van der Waals surface area contributed by atoms with Crippen LogP contribution in [0.4, 0.5) is 5.82 Å². The number of hydrogen-bond acceptors (Lipinski definition) is 7. The Morgan fingerprint density at radius 2 is 1.94 bits per heavy atom. The normalized spacial score (nSPS) is 14.9. The van der Waals surface area contributed by atoms with Crippen LogP contribution < -0.4 is 5.32 Å². The molecule has 1 aliphatic heterocycles. The maximum atomic E-state index is 12.1. The number of aromatic nitrogens is 4. The highest BCUT2D eigenvalue weighted by Crippen LogP contribution is 2.27. The molecular formula is C27H32N6O2S. The van der Waals surface area contributed by atoms with Gasteiger partial charge in [0.05, 0.1) is 29.1 Å². The minimum atomic E-state index is -0.0519. The zero-order valence-electron chi connectivity index (χ0n) is 20.8. The van der Waals surface area contributed by atoms with E-state index in [1.165, 1.54) is 11.1 Å². The van der Waals surface area contributed by atoms with E-state index in [0.717, 1.165) is 66.8 Å². The maximum absolute atomic E-state index is 12.1. The zero-order valence-corrected chi connectivity index (χ0v) is 21.6. The van der Waals surface area contributed by atoms with Crippen molar-refractivity contribution in [1.29, 1.82) is 0 Å². The highest BCUT2D eigenvalue weighted by molar-refractivity contribution is 7.71. The van der Waals surface area contributed by atoms with Crippen LogP contribution in [0.3, 0.4) is 0 Å². The predicted molar refractivity (Wildman–Crippen MR) is 144 cm³/mol. The monoisotopic (exact) mass is 504 g/mol. The number of rotatable bonds is 8. The van der Waals surface area contributed by atoms with E-state index in [9.17, 15) is 4.79 Å². The number of aryl methyl sites for hydroxylation is 1. The zero-order chi connectivity index (χ0) is 25.1. The lowest BCUT2D eigenvalue weighted by atomic mass is 9.96. The first kappa shape index (κ1) is 24.4. The standard InChI is InChI=1S/C27H32N6O2S/c1-3-33-24-14-22-21(13-23(24)31-27(33)36)25(30-17-29-22)28-15-19-7-5-6-8-20(19)16-32-11-9-18(10-12-32)26(34)35-4-2/h5-8,13-14,17-18H,3-4,9-12,15-16H2,1-2H3,(H,31,36)(H,28,29,30). The Kier molecular flexibility index (Phi) is 7.29. The van der Waals surface area contributed by atoms with Crippen LogP contribution >= 0.6 is 12.2 Å². The third kappa shape index (κ3) is 4.99. The number of carbonyl (C=O) groups is 1. The number of piperidine rings is 1. The minimum Gasteiger partial charge on any atom is -0.466 e. The van der Waals surface area contributed by atoms with Crippen LogP contribution in [-0.4, -0.2) is 50.1 Å². The molecule has 5 rings (SSSR count). The van der Waals surface area contributed by atoms with Crippen LogP contribution in [0, 0.1) is 10.7 Å². The van der Waals surface area contributed by atoms with Gasteiger partial charge in [-0.3, -0.25) is 9.69 Å². The van der Waals surface area contributed by atoms with Crippen molar-refractivity contribution in [3.05, 3.63) is 58.6 Å². The first-order valence-corrected chi connectivity index (χ1v) is 13.0. The smallest absolute Gasteiger partial charge is 0.309 e. The van der Waals surface area contributed by atoms with Gasteiger partial charge in [-0.2, -0.15) is 0 Å². The summed E-state index contributed by atoms with van der Waals surface area (Å²) in [7, 11) is 0. The van der Waals surface area contributed by atoms with Gasteiger partial charge < -0.3 is 19.6 Å². The number of ether oxygens (including phenoxy) is 1. The molecule has 0 saturated carbocycles. The average molecular weight is 505 g/mol. The lowest BCUT2D eigenvalue weighted by molar-refractivity contribution is -0.149. The number of nitrogens with zero attached hydrogens (tertiary/aromatic N) is 4. The second-order valence-electron chi connectivity index (χ2n) is 9.21. The molecule has 1 fully saturated rings. The second-order valence-corrected chi connectivity index (χ2v) is 9.59. The van der Waals surface area contributed by atoms with E-state index in [4.69, 9.17) is 17.0 Å². The minimum absolute atomic E-state index is 0.0267. The van der Waals surface area contributed by atoms with Crippen molar-refractivity contribution in [2.45, 2.75) is 46.3 Å². The van der Waals surface area contributed by atoms with E-state index in [1.807, 2.05) is 6.92 Å². The summed E-state index contributed by atoms with van der Waals surface area (Å²) in [5.41, 5.74) is 5.43. The third-order valence-corrected chi connectivity index (χ3v) is 7.34. The summed E-state index contributed by atoms with van der Waals surface area (Å²) < 4.78 is 8.00. The molecule has 0 spiro atoms. The van der Waals surface area contributed by atoms with Gasteiger partial charge in [0.1, 0.15) is 12.1 Å². The Morgan fingerprint density at radius 3 is 2.69 bits per heavy atom. The Bertz CT molecular complexity index is 1440. The Labute approximate surface area is 215 Å². The molecule has 0 bridgehead atoms. The van der Waals surface area contributed by atoms with Gasteiger partial charge in [-0.25, -0.2) is 9.97 Å². The van der Waals surface area contributed by atoms with Crippen molar-refractivity contribution in [1.82, 2.24) is 24.4 Å². The molecule has 0 amide bonds. The summed E-state index contributed by atoms with van der Waals surface area (Å²) in [6.07, 6.45) is 3.31. The molecule has 2 aromatic carbocycles. The molecule has 3 heterocycles. The molecule has 2 aromatic heterocycles. The number of benzene rings is 2. The summed E-state index contributed by atoms with van der Waals surface area (Å²) in [5, 5.41) is 4.50. The van der Waals surface area contributed by atoms with Crippen LogP contribution in [0.25, 0.3) is 21.9 Å². The van der Waals surface area contributed by atoms with Crippen LogP contribution in [0.5, 0.6) is 0 Å². The number of carbonyl (C=O) groups excluding carboxylic acids is 1. The molecule has 1 saturated heterocycles. The van der Waals surface area contributed by atoms with Crippen molar-refractivity contribution in [3.8, 4) is 0 Å². The lowest BCUT2D eigenvalue weighted by Gasteiger charge is -2.31. The molecule has 0 unspecified atom stereocenters. The number of imidazole rings is 1. The van der Waals surface area contributed by atoms with Crippen molar-refractivity contribution < 1.29 is 9.53 Å². The third-order valence-electron chi connectivity index (χ3n) is 7.01. The lowest BCUT2D eigenvalue weighted by Crippen LogP contribution is -2.36. The quantitative estimate of drug-likeness (QED) is 0.256. The van der Waals surface area contributed by atoms with Crippen molar-refractivity contribution in [2.24, 2.45) is 5.92 Å². The molecule has 4 aromatic rings. The predicted octanol–water partition coefficient (Wildman–Crippen LogP) is 5.05. The van der Waals surface area contributed by atoms with Gasteiger partial charge in [0.2, 0.25) is 0 Å². The average Bonchev–Trinajstić information content (AvgIpc) is 3.21. The molecule has 0 radical (unpaired) electrons. The molecule has 36 heavy (non-hydrogen) atoms. The summed E-state index contributed by atoms with van der Waals surface area (Å²) in [4.78, 5) is 26.8. The number of hydrogen-bond donors (Lipinski definition) is 2. The fraction of sp³-hybridized carbons (Fsp3) is 0.407. The molecule has 9 heteroatoms. The Balaban J connectivity index is 1.31. The molecule has 2 N–H and O–H groups in total. The van der Waals surface area contributed by atoms with Crippen LogP contribution in [0.2, 0.25) is 0 Å². The number of H-pyrrole nitrogens is 1. The summed E-state index contributed by atoms with van der Waals surface area (Å²) in [6, 6.07) is 12.7. The molecule has 8 nitrogen and oxygen atoms in total. The molecule has 0 aliphatic carbocycles. The maximum Gasteiger partial charge on any atom is 0.309 e. The molecule has 0 atom stereocenters. The van der Waals surface area contributed by atoms with E-state index in [1.54, 1.807) is 6.33 Å². The van der Waals surface area contributed by atoms with Crippen LogP contribution in [0.1, 0.15) is 37.8 Å². The van der Waals surface area contributed by atoms with Crippen LogP contribution in [-0.2, 0) is 29.2 Å². The summed E-state index contributed by atoms with van der Waals surface area (Å²) >= 11 is 5.48. The first-order valence-electron chi connectivity index (χ1n) is 12.6. The van der Waals surface area contributed by atoms with Crippen LogP contribution in [0.15, 0.2) is 42.7 Å². The Morgan fingerprint density at radius 1 is 1.17 bits per heavy atom. The van der Waals surface area contributed by atoms with Gasteiger partial charge in [-0.05, 0) is 75.3 Å². The van der Waals surface area contributed by atoms with Gasteiger partial charge in [0.15, 0.2) is 4.77 Å². The number of likely N-dealkylation sites (tertiary alicyclic amines) is 1. The van der Waals surface area contributed by atoms with Gasteiger partial charge in [-0.15, -0.1) is 0 Å². The molecule has 1 aliphatic rings. The number of nitrogens with one attached hydrogen (secondary N) is 2. The number of anilines is 1. The van der Waals surface area contributed by atoms with E-state index < -0.39 is 0 Å². The van der Waals surface area contributed by atoms with Gasteiger partial charge in [0, 0.05) is 25.0 Å². The summed E-state index contributed by atoms with van der Waals surface area (Å²) in [6.45, 7) is 8.52. The number of fused-ring (bicyclic) bond motifs is 2. The first-order chi connectivity index (χ1) is 17.6.